The van der Waals surface area contributed by atoms with Crippen molar-refractivity contribution in [1.29, 1.82) is 0 Å². The molecular weight excluding hydrogens is 485 g/mol. The van der Waals surface area contributed by atoms with Crippen molar-refractivity contribution < 1.29 is 32.6 Å². The van der Waals surface area contributed by atoms with Gasteiger partial charge in [-0.05, 0) is 80.7 Å². The van der Waals surface area contributed by atoms with Gasteiger partial charge in [-0.2, -0.15) is 13.2 Å². The maximum absolute atomic E-state index is 14.1. The molecule has 0 aromatic heterocycles. The molecule has 2 heterocycles. The van der Waals surface area contributed by atoms with Crippen molar-refractivity contribution in [2.75, 3.05) is 26.3 Å². The summed E-state index contributed by atoms with van der Waals surface area (Å²) < 4.78 is 45.5. The zero-order valence-electron chi connectivity index (χ0n) is 21.9. The van der Waals surface area contributed by atoms with Crippen molar-refractivity contribution in [2.45, 2.75) is 90.0 Å². The summed E-state index contributed by atoms with van der Waals surface area (Å²) >= 11 is 0. The smallest absolute Gasteiger partial charge is 0.416 e. The molecule has 3 aliphatic rings. The quantitative estimate of drug-likeness (QED) is 0.511. The molecule has 0 bridgehead atoms. The van der Waals surface area contributed by atoms with E-state index in [-0.39, 0.29) is 30.8 Å². The minimum absolute atomic E-state index is 0.0468. The van der Waals surface area contributed by atoms with E-state index in [0.717, 1.165) is 37.3 Å². The number of carbonyl (C=O) groups is 2. The van der Waals surface area contributed by atoms with E-state index in [1.54, 1.807) is 11.0 Å². The van der Waals surface area contributed by atoms with E-state index in [1.807, 2.05) is 0 Å². The minimum Gasteiger partial charge on any atom is -0.481 e. The van der Waals surface area contributed by atoms with Crippen molar-refractivity contribution in [1.82, 2.24) is 9.80 Å². The van der Waals surface area contributed by atoms with Gasteiger partial charge in [0.05, 0.1) is 11.0 Å². The molecule has 0 unspecified atom stereocenters. The highest BCUT2D eigenvalue weighted by atomic mass is 19.4. The molecule has 1 N–H and O–H groups in total. The summed E-state index contributed by atoms with van der Waals surface area (Å²) in [5, 5.41) is 9.16. The number of halogens is 3. The van der Waals surface area contributed by atoms with Gasteiger partial charge < -0.3 is 14.7 Å². The number of carboxylic acid groups (broad SMARTS) is 1. The van der Waals surface area contributed by atoms with Gasteiger partial charge in [-0.15, -0.1) is 0 Å². The number of amides is 1. The Hall–Kier alpha value is -2.13. The predicted molar refractivity (Wildman–Crippen MR) is 133 cm³/mol. The Labute approximate surface area is 217 Å². The lowest BCUT2D eigenvalue weighted by molar-refractivity contribution is -0.146. The summed E-state index contributed by atoms with van der Waals surface area (Å²) in [7, 11) is 0. The maximum Gasteiger partial charge on any atom is 0.416 e. The van der Waals surface area contributed by atoms with Crippen LogP contribution < -0.4 is 0 Å². The first-order valence-corrected chi connectivity index (χ1v) is 13.5. The molecule has 6 nitrogen and oxygen atoms in total. The molecule has 1 saturated carbocycles. The second kappa shape index (κ2) is 11.3. The standard InChI is InChI=1S/C28H39F3N2O4/c1-19(2)27(26(36)32-13-8-20-5-6-22(28(29,30)31)16-21(20)18-32)11-7-24(17-27)33(12-3-4-25(34)35)23-9-14-37-15-10-23/h5-6,16,19,23-24H,3-4,7-15,17-18H2,1-2H3,(H,34,35)/t24-,27+/m1/s1. The van der Waals surface area contributed by atoms with Gasteiger partial charge in [0.2, 0.25) is 5.91 Å². The van der Waals surface area contributed by atoms with Crippen LogP contribution in [0.3, 0.4) is 0 Å². The van der Waals surface area contributed by atoms with Crippen LogP contribution in [0.5, 0.6) is 0 Å². The SMILES string of the molecule is CC(C)[C@]1(C(=O)N2CCc3ccc(C(F)(F)F)cc3C2)CC[C@@H](N(CCCC(=O)O)C2CCOCC2)C1. The van der Waals surface area contributed by atoms with E-state index in [1.165, 1.54) is 6.07 Å². The van der Waals surface area contributed by atoms with E-state index < -0.39 is 23.1 Å². The number of carbonyl (C=O) groups excluding carboxylic acids is 1. The average Bonchev–Trinajstić information content (AvgIpc) is 3.32. The zero-order valence-corrected chi connectivity index (χ0v) is 21.9. The second-order valence-electron chi connectivity index (χ2n) is 11.2. The normalized spacial score (nSPS) is 25.1. The molecule has 9 heteroatoms. The number of carboxylic acids is 1. The molecule has 1 saturated heterocycles. The van der Waals surface area contributed by atoms with Crippen LogP contribution in [0.1, 0.15) is 75.5 Å². The van der Waals surface area contributed by atoms with Crippen LogP contribution in [-0.4, -0.2) is 65.2 Å². The largest absolute Gasteiger partial charge is 0.481 e. The zero-order chi connectivity index (χ0) is 26.8. The van der Waals surface area contributed by atoms with Gasteiger partial charge in [0.15, 0.2) is 0 Å². The number of nitrogens with zero attached hydrogens (tertiary/aromatic N) is 2. The molecular formula is C28H39F3N2O4. The van der Waals surface area contributed by atoms with E-state index in [0.29, 0.717) is 57.2 Å². The number of benzene rings is 1. The molecule has 1 aromatic carbocycles. The van der Waals surface area contributed by atoms with Crippen molar-refractivity contribution >= 4 is 11.9 Å². The molecule has 2 fully saturated rings. The highest BCUT2D eigenvalue weighted by molar-refractivity contribution is 5.84. The van der Waals surface area contributed by atoms with Gasteiger partial charge in [0.1, 0.15) is 0 Å². The molecule has 0 radical (unpaired) electrons. The lowest BCUT2D eigenvalue weighted by atomic mass is 9.73. The Balaban J connectivity index is 1.52. The Kier molecular flexibility index (Phi) is 8.53. The Morgan fingerprint density at radius 2 is 1.89 bits per heavy atom. The third-order valence-corrected chi connectivity index (χ3v) is 8.82. The second-order valence-corrected chi connectivity index (χ2v) is 11.2. The number of aliphatic carboxylic acids is 1. The van der Waals surface area contributed by atoms with Crippen LogP contribution in [-0.2, 0) is 33.5 Å². The number of rotatable bonds is 8. The topological polar surface area (TPSA) is 70.1 Å². The van der Waals surface area contributed by atoms with Crippen LogP contribution in [0, 0.1) is 11.3 Å². The molecule has 2 atom stereocenters. The third-order valence-electron chi connectivity index (χ3n) is 8.82. The first kappa shape index (κ1) is 27.9. The van der Waals surface area contributed by atoms with Gasteiger partial charge in [0, 0.05) is 44.8 Å². The van der Waals surface area contributed by atoms with Crippen molar-refractivity contribution in [3.8, 4) is 0 Å². The van der Waals surface area contributed by atoms with Crippen molar-refractivity contribution in [3.05, 3.63) is 34.9 Å². The van der Waals surface area contributed by atoms with Gasteiger partial charge in [-0.25, -0.2) is 0 Å². The van der Waals surface area contributed by atoms with Crippen LogP contribution in [0.4, 0.5) is 13.2 Å². The Morgan fingerprint density at radius 3 is 2.54 bits per heavy atom. The number of hydrogen-bond donors (Lipinski definition) is 1. The molecule has 4 rings (SSSR count). The number of fused-ring (bicyclic) bond motifs is 1. The molecule has 1 aromatic rings. The van der Waals surface area contributed by atoms with Gasteiger partial charge >= 0.3 is 12.1 Å². The van der Waals surface area contributed by atoms with Crippen molar-refractivity contribution in [2.24, 2.45) is 11.3 Å². The summed E-state index contributed by atoms with van der Waals surface area (Å²) in [6.07, 6.45) is 0.917. The minimum atomic E-state index is -4.41. The lowest BCUT2D eigenvalue weighted by Gasteiger charge is -2.42. The maximum atomic E-state index is 14.1. The summed E-state index contributed by atoms with van der Waals surface area (Å²) in [5.41, 5.74) is 0.220. The van der Waals surface area contributed by atoms with Crippen molar-refractivity contribution in [3.63, 3.8) is 0 Å². The summed E-state index contributed by atoms with van der Waals surface area (Å²) in [5.74, 6) is -0.668. The highest BCUT2D eigenvalue weighted by Crippen LogP contribution is 2.48. The van der Waals surface area contributed by atoms with Gasteiger partial charge in [-0.1, -0.05) is 19.9 Å². The van der Waals surface area contributed by atoms with E-state index in [9.17, 15) is 22.8 Å². The predicted octanol–water partition coefficient (Wildman–Crippen LogP) is 5.13. The van der Waals surface area contributed by atoms with Crippen LogP contribution >= 0.6 is 0 Å². The van der Waals surface area contributed by atoms with Crippen LogP contribution in [0.2, 0.25) is 0 Å². The fraction of sp³-hybridized carbons (Fsp3) is 0.714. The van der Waals surface area contributed by atoms with Gasteiger partial charge in [0.25, 0.3) is 0 Å². The number of alkyl halides is 3. The summed E-state index contributed by atoms with van der Waals surface area (Å²) in [6.45, 7) is 6.92. The average molecular weight is 525 g/mol. The summed E-state index contributed by atoms with van der Waals surface area (Å²) in [4.78, 5) is 29.4. The molecule has 2 aliphatic heterocycles. The van der Waals surface area contributed by atoms with E-state index in [4.69, 9.17) is 9.84 Å². The molecule has 1 amide bonds. The molecule has 1 aliphatic carbocycles. The van der Waals surface area contributed by atoms with Gasteiger partial charge in [-0.3, -0.25) is 14.5 Å². The third kappa shape index (κ3) is 6.14. The highest BCUT2D eigenvalue weighted by Gasteiger charge is 2.51. The first-order chi connectivity index (χ1) is 17.5. The first-order valence-electron chi connectivity index (χ1n) is 13.5. The fourth-order valence-electron chi connectivity index (χ4n) is 6.61. The fourth-order valence-corrected chi connectivity index (χ4v) is 6.61. The van der Waals surface area contributed by atoms with Crippen LogP contribution in [0.15, 0.2) is 18.2 Å². The Bertz CT molecular complexity index is 977. The van der Waals surface area contributed by atoms with E-state index >= 15 is 0 Å². The van der Waals surface area contributed by atoms with E-state index in [2.05, 4.69) is 18.7 Å². The monoisotopic (exact) mass is 524 g/mol. The molecule has 37 heavy (non-hydrogen) atoms. The number of hydrogen-bond acceptors (Lipinski definition) is 4. The Morgan fingerprint density at radius 1 is 1.16 bits per heavy atom. The van der Waals surface area contributed by atoms with Crippen LogP contribution in [0.25, 0.3) is 0 Å². The molecule has 0 spiro atoms. The number of ether oxygens (including phenoxy) is 1. The summed E-state index contributed by atoms with van der Waals surface area (Å²) in [6, 6.07) is 4.37. The lowest BCUT2D eigenvalue weighted by Crippen LogP contribution is -2.50. The molecule has 206 valence electrons.